The standard InChI is InChI=1S/C11H22N2O2.ClH/c1-9(12)10-4-3-6-13(8-10)7-5-11(14)15-2;/h9-10H,3-8,12H2,1-2H3;1H. The van der Waals surface area contributed by atoms with Crippen LogP contribution >= 0.6 is 12.4 Å². The normalized spacial score (nSPS) is 23.3. The first-order chi connectivity index (χ1) is 7.13. The molecule has 0 amide bonds. The van der Waals surface area contributed by atoms with Crippen LogP contribution < -0.4 is 5.73 Å². The van der Waals surface area contributed by atoms with Gasteiger partial charge in [-0.05, 0) is 32.2 Å². The highest BCUT2D eigenvalue weighted by Gasteiger charge is 2.22. The van der Waals surface area contributed by atoms with Crippen LogP contribution in [0.4, 0.5) is 0 Å². The molecule has 5 heteroatoms. The molecule has 0 saturated carbocycles. The second-order valence-electron chi connectivity index (χ2n) is 4.39. The first kappa shape index (κ1) is 15.7. The Bertz CT molecular complexity index is 212. The summed E-state index contributed by atoms with van der Waals surface area (Å²) in [5.74, 6) is 0.453. The second-order valence-corrected chi connectivity index (χ2v) is 4.39. The summed E-state index contributed by atoms with van der Waals surface area (Å²) in [6, 6.07) is 0.255. The van der Waals surface area contributed by atoms with Gasteiger partial charge >= 0.3 is 5.97 Å². The molecule has 1 rings (SSSR count). The van der Waals surface area contributed by atoms with Crippen LogP contribution in [0.5, 0.6) is 0 Å². The molecule has 2 unspecified atom stereocenters. The Kier molecular flexibility index (Phi) is 7.72. The number of nitrogens with two attached hydrogens (primary N) is 1. The highest BCUT2D eigenvalue weighted by molar-refractivity contribution is 5.85. The number of rotatable bonds is 4. The zero-order chi connectivity index (χ0) is 11.3. The molecule has 96 valence electrons. The predicted octanol–water partition coefficient (Wildman–Crippen LogP) is 1.03. The number of methoxy groups -OCH3 is 1. The molecule has 1 aliphatic heterocycles. The van der Waals surface area contributed by atoms with Crippen molar-refractivity contribution in [1.29, 1.82) is 0 Å². The van der Waals surface area contributed by atoms with Crippen molar-refractivity contribution < 1.29 is 9.53 Å². The summed E-state index contributed by atoms with van der Waals surface area (Å²) in [5, 5.41) is 0. The molecule has 0 bridgehead atoms. The Hall–Kier alpha value is -0.320. The Morgan fingerprint density at radius 2 is 2.31 bits per heavy atom. The third-order valence-corrected chi connectivity index (χ3v) is 3.15. The zero-order valence-corrected chi connectivity index (χ0v) is 11.0. The average Bonchev–Trinajstić information content (AvgIpc) is 2.26. The van der Waals surface area contributed by atoms with Crippen LogP contribution in [0.25, 0.3) is 0 Å². The predicted molar refractivity (Wildman–Crippen MR) is 66.7 cm³/mol. The van der Waals surface area contributed by atoms with Gasteiger partial charge in [-0.2, -0.15) is 0 Å². The smallest absolute Gasteiger partial charge is 0.306 e. The van der Waals surface area contributed by atoms with Gasteiger partial charge in [-0.15, -0.1) is 12.4 Å². The summed E-state index contributed by atoms with van der Waals surface area (Å²) < 4.78 is 4.63. The number of piperidine rings is 1. The lowest BCUT2D eigenvalue weighted by atomic mass is 9.92. The summed E-state index contributed by atoms with van der Waals surface area (Å²) in [7, 11) is 1.43. The first-order valence-corrected chi connectivity index (χ1v) is 5.68. The molecule has 0 radical (unpaired) electrons. The Balaban J connectivity index is 0.00000225. The monoisotopic (exact) mass is 250 g/mol. The van der Waals surface area contributed by atoms with E-state index in [4.69, 9.17) is 5.73 Å². The van der Waals surface area contributed by atoms with Crippen molar-refractivity contribution >= 4 is 18.4 Å². The molecule has 1 fully saturated rings. The van der Waals surface area contributed by atoms with E-state index in [0.717, 1.165) is 19.6 Å². The lowest BCUT2D eigenvalue weighted by molar-refractivity contribution is -0.141. The molecule has 4 nitrogen and oxygen atoms in total. The highest BCUT2D eigenvalue weighted by atomic mass is 35.5. The summed E-state index contributed by atoms with van der Waals surface area (Å²) in [4.78, 5) is 13.3. The number of likely N-dealkylation sites (tertiary alicyclic amines) is 1. The molecule has 0 aliphatic carbocycles. The van der Waals surface area contributed by atoms with Gasteiger partial charge in [-0.25, -0.2) is 0 Å². The van der Waals surface area contributed by atoms with Crippen molar-refractivity contribution in [1.82, 2.24) is 4.90 Å². The van der Waals surface area contributed by atoms with E-state index in [9.17, 15) is 4.79 Å². The molecule has 1 heterocycles. The topological polar surface area (TPSA) is 55.6 Å². The van der Waals surface area contributed by atoms with E-state index in [1.165, 1.54) is 20.0 Å². The van der Waals surface area contributed by atoms with E-state index in [0.29, 0.717) is 12.3 Å². The first-order valence-electron chi connectivity index (χ1n) is 5.68. The van der Waals surface area contributed by atoms with Gasteiger partial charge in [0.05, 0.1) is 13.5 Å². The number of carbonyl (C=O) groups is 1. The SMILES string of the molecule is COC(=O)CCN1CCCC(C(C)N)C1.Cl. The van der Waals surface area contributed by atoms with Crippen LogP contribution in [-0.2, 0) is 9.53 Å². The fourth-order valence-electron chi connectivity index (χ4n) is 2.08. The van der Waals surface area contributed by atoms with Crippen LogP contribution in [0, 0.1) is 5.92 Å². The summed E-state index contributed by atoms with van der Waals surface area (Å²) in [6.45, 7) is 4.97. The van der Waals surface area contributed by atoms with Crippen molar-refractivity contribution in [3.8, 4) is 0 Å². The van der Waals surface area contributed by atoms with Crippen molar-refractivity contribution in [3.05, 3.63) is 0 Å². The lowest BCUT2D eigenvalue weighted by Gasteiger charge is -2.34. The minimum atomic E-state index is -0.127. The van der Waals surface area contributed by atoms with E-state index in [1.54, 1.807) is 0 Å². The van der Waals surface area contributed by atoms with Gasteiger partial charge < -0.3 is 15.4 Å². The maximum atomic E-state index is 11.0. The summed E-state index contributed by atoms with van der Waals surface area (Å²) in [6.07, 6.45) is 2.89. The quantitative estimate of drug-likeness (QED) is 0.758. The Morgan fingerprint density at radius 3 is 2.88 bits per heavy atom. The molecule has 2 N–H and O–H groups in total. The number of ether oxygens (including phenoxy) is 1. The van der Waals surface area contributed by atoms with E-state index >= 15 is 0 Å². The number of hydrogen-bond donors (Lipinski definition) is 1. The molecular weight excluding hydrogens is 228 g/mol. The van der Waals surface area contributed by atoms with Gasteiger partial charge in [0.2, 0.25) is 0 Å². The lowest BCUT2D eigenvalue weighted by Crippen LogP contribution is -2.43. The fourth-order valence-corrected chi connectivity index (χ4v) is 2.08. The molecule has 0 aromatic rings. The van der Waals surface area contributed by atoms with Gasteiger partial charge in [-0.1, -0.05) is 0 Å². The van der Waals surface area contributed by atoms with Crippen LogP contribution in [0.15, 0.2) is 0 Å². The van der Waals surface area contributed by atoms with Crippen LogP contribution in [0.1, 0.15) is 26.2 Å². The minimum Gasteiger partial charge on any atom is -0.469 e. The number of halogens is 1. The summed E-state index contributed by atoms with van der Waals surface area (Å²) in [5.41, 5.74) is 5.89. The molecule has 0 spiro atoms. The molecule has 16 heavy (non-hydrogen) atoms. The van der Waals surface area contributed by atoms with E-state index < -0.39 is 0 Å². The van der Waals surface area contributed by atoms with Gasteiger partial charge in [-0.3, -0.25) is 4.79 Å². The molecule has 0 aromatic carbocycles. The van der Waals surface area contributed by atoms with Crippen molar-refractivity contribution in [2.45, 2.75) is 32.2 Å². The molecule has 0 aromatic heterocycles. The summed E-state index contributed by atoms with van der Waals surface area (Å²) >= 11 is 0. The number of nitrogens with zero attached hydrogens (tertiary/aromatic N) is 1. The van der Waals surface area contributed by atoms with Crippen molar-refractivity contribution in [2.24, 2.45) is 11.7 Å². The van der Waals surface area contributed by atoms with Crippen molar-refractivity contribution in [3.63, 3.8) is 0 Å². The van der Waals surface area contributed by atoms with Gasteiger partial charge in [0.15, 0.2) is 0 Å². The van der Waals surface area contributed by atoms with Gasteiger partial charge in [0.1, 0.15) is 0 Å². The maximum Gasteiger partial charge on any atom is 0.306 e. The number of hydrogen-bond acceptors (Lipinski definition) is 4. The molecule has 2 atom stereocenters. The number of carbonyl (C=O) groups excluding carboxylic acids is 1. The minimum absolute atomic E-state index is 0. The zero-order valence-electron chi connectivity index (χ0n) is 10.1. The van der Waals surface area contributed by atoms with Crippen molar-refractivity contribution in [2.75, 3.05) is 26.7 Å². The van der Waals surface area contributed by atoms with Gasteiger partial charge in [0, 0.05) is 19.1 Å². The third-order valence-electron chi connectivity index (χ3n) is 3.15. The average molecular weight is 251 g/mol. The van der Waals surface area contributed by atoms with E-state index in [-0.39, 0.29) is 24.4 Å². The van der Waals surface area contributed by atoms with E-state index in [1.807, 2.05) is 0 Å². The Labute approximate surface area is 104 Å². The third kappa shape index (κ3) is 5.14. The van der Waals surface area contributed by atoms with Crippen LogP contribution in [0.2, 0.25) is 0 Å². The largest absolute Gasteiger partial charge is 0.469 e. The highest BCUT2D eigenvalue weighted by Crippen LogP contribution is 2.18. The molecule has 1 aliphatic rings. The number of esters is 1. The maximum absolute atomic E-state index is 11.0. The molecule has 1 saturated heterocycles. The van der Waals surface area contributed by atoms with Crippen LogP contribution in [-0.4, -0.2) is 43.7 Å². The second kappa shape index (κ2) is 7.87. The fraction of sp³-hybridized carbons (Fsp3) is 0.909. The molecular formula is C11H23ClN2O2. The van der Waals surface area contributed by atoms with Gasteiger partial charge in [0.25, 0.3) is 0 Å². The van der Waals surface area contributed by atoms with E-state index in [2.05, 4.69) is 16.6 Å². The Morgan fingerprint density at radius 1 is 1.62 bits per heavy atom. The van der Waals surface area contributed by atoms with Crippen LogP contribution in [0.3, 0.4) is 0 Å².